The summed E-state index contributed by atoms with van der Waals surface area (Å²) in [7, 11) is 0. The van der Waals surface area contributed by atoms with Gasteiger partial charge in [0.2, 0.25) is 5.91 Å². The van der Waals surface area contributed by atoms with Crippen molar-refractivity contribution in [1.82, 2.24) is 5.06 Å². The summed E-state index contributed by atoms with van der Waals surface area (Å²) in [6.07, 6.45) is 3.76. The highest BCUT2D eigenvalue weighted by Gasteiger charge is 2.32. The lowest BCUT2D eigenvalue weighted by molar-refractivity contribution is -0.173. The van der Waals surface area contributed by atoms with E-state index in [1.54, 1.807) is 0 Å². The van der Waals surface area contributed by atoms with Gasteiger partial charge in [-0.25, -0.2) is 5.06 Å². The first-order chi connectivity index (χ1) is 6.27. The molecule has 0 bridgehead atoms. The van der Waals surface area contributed by atoms with E-state index < -0.39 is 6.10 Å². The second-order valence-corrected chi connectivity index (χ2v) is 3.83. The average molecular weight is 185 g/mol. The lowest BCUT2D eigenvalue weighted by Crippen LogP contribution is -2.33. The Morgan fingerprint density at radius 1 is 1.38 bits per heavy atom. The molecule has 1 aliphatic carbocycles. The molecule has 1 saturated carbocycles. The molecule has 2 fully saturated rings. The van der Waals surface area contributed by atoms with Crippen LogP contribution in [0.25, 0.3) is 0 Å². The number of hydrogen-bond acceptors (Lipinski definition) is 3. The van der Waals surface area contributed by atoms with Gasteiger partial charge in [0.05, 0.1) is 12.6 Å². The average Bonchev–Trinajstić information content (AvgIpc) is 2.72. The van der Waals surface area contributed by atoms with Crippen LogP contribution in [0, 0.1) is 5.92 Å². The van der Waals surface area contributed by atoms with E-state index in [2.05, 4.69) is 0 Å². The summed E-state index contributed by atoms with van der Waals surface area (Å²) < 4.78 is 0. The van der Waals surface area contributed by atoms with Crippen molar-refractivity contribution in [2.45, 2.75) is 31.8 Å². The predicted molar refractivity (Wildman–Crippen MR) is 45.6 cm³/mol. The van der Waals surface area contributed by atoms with E-state index in [0.29, 0.717) is 6.54 Å². The molecule has 1 N–H and O–H groups in total. The van der Waals surface area contributed by atoms with Crippen LogP contribution >= 0.6 is 0 Å². The summed E-state index contributed by atoms with van der Waals surface area (Å²) >= 11 is 0. The van der Waals surface area contributed by atoms with Crippen molar-refractivity contribution in [3.8, 4) is 0 Å². The molecule has 0 aromatic carbocycles. The molecule has 4 nitrogen and oxygen atoms in total. The number of rotatable bonds is 1. The van der Waals surface area contributed by atoms with Crippen LogP contribution < -0.4 is 0 Å². The molecule has 2 rings (SSSR count). The smallest absolute Gasteiger partial charge is 0.249 e. The second kappa shape index (κ2) is 3.64. The molecular weight excluding hydrogens is 170 g/mol. The fourth-order valence-corrected chi connectivity index (χ4v) is 2.00. The fraction of sp³-hybridized carbons (Fsp3) is 0.889. The minimum atomic E-state index is -0.495. The van der Waals surface area contributed by atoms with E-state index in [1.807, 2.05) is 0 Å². The van der Waals surface area contributed by atoms with Crippen LogP contribution in [0.2, 0.25) is 0 Å². The third kappa shape index (κ3) is 1.84. The summed E-state index contributed by atoms with van der Waals surface area (Å²) in [5.74, 6) is 0.208. The standard InChI is InChI=1S/C9H15NO3/c11-8-5-10(13-6-8)9(12)7-3-1-2-4-7/h7-8,11H,1-6H2. The summed E-state index contributed by atoms with van der Waals surface area (Å²) in [6, 6.07) is 0. The van der Waals surface area contributed by atoms with Gasteiger partial charge in [-0.1, -0.05) is 12.8 Å². The summed E-state index contributed by atoms with van der Waals surface area (Å²) in [4.78, 5) is 16.8. The normalized spacial score (nSPS) is 29.9. The van der Waals surface area contributed by atoms with Crippen LogP contribution in [0.3, 0.4) is 0 Å². The van der Waals surface area contributed by atoms with E-state index in [-0.39, 0.29) is 18.4 Å². The quantitative estimate of drug-likeness (QED) is 0.639. The number of amides is 1. The zero-order valence-electron chi connectivity index (χ0n) is 7.61. The van der Waals surface area contributed by atoms with Gasteiger partial charge in [0.1, 0.15) is 6.61 Å². The Morgan fingerprint density at radius 2 is 2.08 bits per heavy atom. The molecule has 13 heavy (non-hydrogen) atoms. The van der Waals surface area contributed by atoms with Gasteiger partial charge in [0.25, 0.3) is 0 Å². The third-order valence-corrected chi connectivity index (χ3v) is 2.75. The summed E-state index contributed by atoms with van der Waals surface area (Å²) in [6.45, 7) is 0.605. The predicted octanol–water partition coefficient (Wildman–Crippen LogP) is 0.311. The first-order valence-electron chi connectivity index (χ1n) is 4.90. The van der Waals surface area contributed by atoms with Gasteiger partial charge in [0.15, 0.2) is 0 Å². The molecule has 0 aromatic heterocycles. The molecule has 4 heteroatoms. The molecular formula is C9H15NO3. The van der Waals surface area contributed by atoms with Crippen LogP contribution in [0.4, 0.5) is 0 Å². The monoisotopic (exact) mass is 185 g/mol. The molecule has 1 aliphatic heterocycles. The van der Waals surface area contributed by atoms with Crippen molar-refractivity contribution in [1.29, 1.82) is 0 Å². The molecule has 1 saturated heterocycles. The van der Waals surface area contributed by atoms with E-state index in [1.165, 1.54) is 5.06 Å². The van der Waals surface area contributed by atoms with Crippen molar-refractivity contribution in [2.75, 3.05) is 13.2 Å². The Bertz CT molecular complexity index is 201. The maximum absolute atomic E-state index is 11.7. The summed E-state index contributed by atoms with van der Waals surface area (Å²) in [5.41, 5.74) is 0. The van der Waals surface area contributed by atoms with E-state index in [0.717, 1.165) is 25.7 Å². The Kier molecular flexibility index (Phi) is 2.51. The zero-order valence-corrected chi connectivity index (χ0v) is 7.61. The van der Waals surface area contributed by atoms with Gasteiger partial charge in [-0.3, -0.25) is 9.63 Å². The van der Waals surface area contributed by atoms with Gasteiger partial charge in [-0.15, -0.1) is 0 Å². The Labute approximate surface area is 77.4 Å². The van der Waals surface area contributed by atoms with Crippen molar-refractivity contribution in [2.24, 2.45) is 5.92 Å². The van der Waals surface area contributed by atoms with Gasteiger partial charge >= 0.3 is 0 Å². The number of carbonyl (C=O) groups is 1. The molecule has 1 heterocycles. The molecule has 1 atom stereocenters. The van der Waals surface area contributed by atoms with E-state index in [4.69, 9.17) is 4.84 Å². The number of carbonyl (C=O) groups excluding carboxylic acids is 1. The van der Waals surface area contributed by atoms with Crippen molar-refractivity contribution >= 4 is 5.91 Å². The molecule has 2 aliphatic rings. The third-order valence-electron chi connectivity index (χ3n) is 2.75. The van der Waals surface area contributed by atoms with Crippen molar-refractivity contribution in [3.05, 3.63) is 0 Å². The highest BCUT2D eigenvalue weighted by atomic mass is 16.7. The molecule has 1 amide bonds. The Morgan fingerprint density at radius 3 is 2.62 bits per heavy atom. The largest absolute Gasteiger partial charge is 0.389 e. The van der Waals surface area contributed by atoms with Gasteiger partial charge < -0.3 is 5.11 Å². The maximum Gasteiger partial charge on any atom is 0.249 e. The van der Waals surface area contributed by atoms with Crippen molar-refractivity contribution in [3.63, 3.8) is 0 Å². The zero-order chi connectivity index (χ0) is 9.26. The Hall–Kier alpha value is -0.610. The van der Waals surface area contributed by atoms with Crippen LogP contribution in [0.5, 0.6) is 0 Å². The van der Waals surface area contributed by atoms with Crippen LogP contribution in [0.15, 0.2) is 0 Å². The van der Waals surface area contributed by atoms with E-state index in [9.17, 15) is 9.90 Å². The van der Waals surface area contributed by atoms with Gasteiger partial charge in [-0.05, 0) is 12.8 Å². The van der Waals surface area contributed by atoms with Crippen LogP contribution in [-0.4, -0.2) is 35.3 Å². The number of β-amino-alcohol motifs (C(OH)–C–C–N with tert-alkyl or cyclic N) is 1. The molecule has 0 spiro atoms. The highest BCUT2D eigenvalue weighted by Crippen LogP contribution is 2.27. The topological polar surface area (TPSA) is 49.8 Å². The number of hydrogen-bond donors (Lipinski definition) is 1. The minimum absolute atomic E-state index is 0.0639. The number of hydroxylamine groups is 2. The lowest BCUT2D eigenvalue weighted by Gasteiger charge is -2.17. The van der Waals surface area contributed by atoms with Crippen molar-refractivity contribution < 1.29 is 14.7 Å². The van der Waals surface area contributed by atoms with E-state index >= 15 is 0 Å². The van der Waals surface area contributed by atoms with Crippen LogP contribution in [-0.2, 0) is 9.63 Å². The summed E-state index contributed by atoms with van der Waals surface area (Å²) in [5, 5.41) is 10.5. The fourth-order valence-electron chi connectivity index (χ4n) is 2.00. The molecule has 0 aromatic rings. The molecule has 74 valence electrons. The second-order valence-electron chi connectivity index (χ2n) is 3.83. The number of aliphatic hydroxyl groups excluding tert-OH is 1. The molecule has 1 unspecified atom stereocenters. The van der Waals surface area contributed by atoms with Crippen LogP contribution in [0.1, 0.15) is 25.7 Å². The number of aliphatic hydroxyl groups is 1. The minimum Gasteiger partial charge on any atom is -0.389 e. The number of nitrogens with zero attached hydrogens (tertiary/aromatic N) is 1. The SMILES string of the molecule is O=C(C1CCCC1)N1CC(O)CO1. The van der Waals surface area contributed by atoms with Gasteiger partial charge in [-0.2, -0.15) is 0 Å². The molecule has 0 radical (unpaired) electrons. The maximum atomic E-state index is 11.7. The van der Waals surface area contributed by atoms with Gasteiger partial charge in [0, 0.05) is 5.92 Å². The highest BCUT2D eigenvalue weighted by molar-refractivity contribution is 5.78. The first-order valence-corrected chi connectivity index (χ1v) is 4.90. The Balaban J connectivity index is 1.89. The first kappa shape index (κ1) is 8.97. The lowest BCUT2D eigenvalue weighted by atomic mass is 10.1.